The Balaban J connectivity index is 2.18. The summed E-state index contributed by atoms with van der Waals surface area (Å²) < 4.78 is 0. The van der Waals surface area contributed by atoms with E-state index in [1.165, 1.54) is 11.4 Å². The monoisotopic (exact) mass is 259 g/mol. The summed E-state index contributed by atoms with van der Waals surface area (Å²) in [5.74, 6) is 1.60. The topological polar surface area (TPSA) is 23.5 Å². The van der Waals surface area contributed by atoms with E-state index in [9.17, 15) is 0 Å². The number of aliphatic hydroxyl groups is 1. The zero-order valence-electron chi connectivity index (χ0n) is 10.2. The highest BCUT2D eigenvalue weighted by molar-refractivity contribution is 7.99. The average molecular weight is 259 g/mol. The first kappa shape index (κ1) is 13.0. The molecule has 0 aromatic heterocycles. The summed E-state index contributed by atoms with van der Waals surface area (Å²) >= 11 is 1.73. The second-order valence-corrected chi connectivity index (χ2v) is 4.93. The van der Waals surface area contributed by atoms with Crippen molar-refractivity contribution >= 4 is 23.1 Å². The van der Waals surface area contributed by atoms with Crippen LogP contribution in [-0.2, 0) is 0 Å². The van der Waals surface area contributed by atoms with Gasteiger partial charge in [-0.15, -0.1) is 11.8 Å². The minimum Gasteiger partial charge on any atom is -0.396 e. The maximum absolute atomic E-state index is 8.88. The van der Waals surface area contributed by atoms with Crippen LogP contribution < -0.4 is 4.90 Å². The minimum absolute atomic E-state index is 0.224. The molecule has 94 valence electrons. The van der Waals surface area contributed by atoms with Gasteiger partial charge in [-0.05, 0) is 24.3 Å². The third-order valence-electron chi connectivity index (χ3n) is 2.59. The van der Waals surface area contributed by atoms with Crippen LogP contribution in [0.2, 0.25) is 0 Å². The number of hydrogen-bond acceptors (Lipinski definition) is 3. The lowest BCUT2D eigenvalue weighted by Crippen LogP contribution is -2.16. The van der Waals surface area contributed by atoms with Gasteiger partial charge in [-0.2, -0.15) is 0 Å². The van der Waals surface area contributed by atoms with Gasteiger partial charge in [0, 0.05) is 17.1 Å². The number of rotatable bonds is 6. The standard InChI is InChI=1S/C15H17NOS/c17-11-12-18-13-16(14-7-3-1-4-8-14)15-9-5-2-6-10-15/h1-10,17H,11-13H2. The summed E-state index contributed by atoms with van der Waals surface area (Å²) in [5, 5.41) is 8.88. The molecule has 0 atom stereocenters. The van der Waals surface area contributed by atoms with Crippen LogP contribution in [0.5, 0.6) is 0 Å². The van der Waals surface area contributed by atoms with Crippen LogP contribution in [0.1, 0.15) is 0 Å². The Morgan fingerprint density at radius 3 is 1.78 bits per heavy atom. The Hall–Kier alpha value is -1.45. The number of hydrogen-bond donors (Lipinski definition) is 1. The van der Waals surface area contributed by atoms with E-state index in [1.54, 1.807) is 11.8 Å². The maximum atomic E-state index is 8.88. The number of nitrogens with zero attached hydrogens (tertiary/aromatic N) is 1. The van der Waals surface area contributed by atoms with Crippen molar-refractivity contribution in [3.05, 3.63) is 60.7 Å². The molecule has 1 N–H and O–H groups in total. The number of anilines is 2. The Bertz CT molecular complexity index is 407. The normalized spacial score (nSPS) is 10.3. The van der Waals surface area contributed by atoms with E-state index in [0.29, 0.717) is 0 Å². The molecule has 2 aromatic carbocycles. The number of aliphatic hydroxyl groups excluding tert-OH is 1. The summed E-state index contributed by atoms with van der Waals surface area (Å²) in [6.07, 6.45) is 0. The van der Waals surface area contributed by atoms with Crippen molar-refractivity contribution in [2.75, 3.05) is 23.1 Å². The van der Waals surface area contributed by atoms with E-state index in [1.807, 2.05) is 36.4 Å². The van der Waals surface area contributed by atoms with Gasteiger partial charge in [-0.1, -0.05) is 36.4 Å². The van der Waals surface area contributed by atoms with Gasteiger partial charge >= 0.3 is 0 Å². The van der Waals surface area contributed by atoms with E-state index in [4.69, 9.17) is 5.11 Å². The van der Waals surface area contributed by atoms with Crippen molar-refractivity contribution in [1.29, 1.82) is 0 Å². The molecule has 0 fully saturated rings. The summed E-state index contributed by atoms with van der Waals surface area (Å²) in [6, 6.07) is 20.6. The number of para-hydroxylation sites is 2. The highest BCUT2D eigenvalue weighted by atomic mass is 32.2. The molecule has 0 bridgehead atoms. The summed E-state index contributed by atoms with van der Waals surface area (Å²) in [4.78, 5) is 2.25. The molecular formula is C15H17NOS. The molecule has 0 amide bonds. The van der Waals surface area contributed by atoms with E-state index < -0.39 is 0 Å². The highest BCUT2D eigenvalue weighted by Crippen LogP contribution is 2.26. The van der Waals surface area contributed by atoms with Gasteiger partial charge < -0.3 is 10.0 Å². The molecule has 18 heavy (non-hydrogen) atoms. The van der Waals surface area contributed by atoms with E-state index in [2.05, 4.69) is 29.2 Å². The molecule has 2 nitrogen and oxygen atoms in total. The molecule has 0 aliphatic carbocycles. The smallest absolute Gasteiger partial charge is 0.0689 e. The van der Waals surface area contributed by atoms with Crippen LogP contribution in [-0.4, -0.2) is 23.3 Å². The van der Waals surface area contributed by atoms with E-state index in [-0.39, 0.29) is 6.61 Å². The van der Waals surface area contributed by atoms with Crippen molar-refractivity contribution in [3.63, 3.8) is 0 Å². The van der Waals surface area contributed by atoms with Gasteiger partial charge in [0.1, 0.15) is 0 Å². The second kappa shape index (κ2) is 7.09. The molecule has 0 aliphatic heterocycles. The fourth-order valence-electron chi connectivity index (χ4n) is 1.73. The first-order valence-electron chi connectivity index (χ1n) is 5.98. The molecule has 0 saturated carbocycles. The largest absolute Gasteiger partial charge is 0.396 e. The molecule has 2 aromatic rings. The van der Waals surface area contributed by atoms with Gasteiger partial charge in [-0.3, -0.25) is 0 Å². The Morgan fingerprint density at radius 1 is 0.833 bits per heavy atom. The van der Waals surface area contributed by atoms with Crippen LogP contribution in [0.25, 0.3) is 0 Å². The second-order valence-electron chi connectivity index (χ2n) is 3.86. The van der Waals surface area contributed by atoms with Crippen LogP contribution in [0.3, 0.4) is 0 Å². The SMILES string of the molecule is OCCSCN(c1ccccc1)c1ccccc1. The summed E-state index contributed by atoms with van der Waals surface area (Å²) in [5.41, 5.74) is 2.35. The molecule has 0 heterocycles. The lowest BCUT2D eigenvalue weighted by atomic mass is 10.2. The molecule has 0 unspecified atom stereocenters. The predicted molar refractivity (Wildman–Crippen MR) is 79.4 cm³/mol. The van der Waals surface area contributed by atoms with Crippen LogP contribution in [0, 0.1) is 0 Å². The van der Waals surface area contributed by atoms with Gasteiger partial charge in [0.15, 0.2) is 0 Å². The molecular weight excluding hydrogens is 242 g/mol. The molecule has 2 rings (SSSR count). The van der Waals surface area contributed by atoms with Crippen molar-refractivity contribution in [2.24, 2.45) is 0 Å². The zero-order chi connectivity index (χ0) is 12.6. The summed E-state index contributed by atoms with van der Waals surface area (Å²) in [7, 11) is 0. The van der Waals surface area contributed by atoms with E-state index in [0.717, 1.165) is 11.6 Å². The lowest BCUT2D eigenvalue weighted by molar-refractivity contribution is 0.322. The van der Waals surface area contributed by atoms with Crippen LogP contribution in [0.4, 0.5) is 11.4 Å². The predicted octanol–water partition coefficient (Wildman–Crippen LogP) is 3.51. The van der Waals surface area contributed by atoms with Crippen molar-refractivity contribution in [2.45, 2.75) is 0 Å². The molecule has 3 heteroatoms. The van der Waals surface area contributed by atoms with E-state index >= 15 is 0 Å². The number of benzene rings is 2. The Morgan fingerprint density at radius 2 is 1.33 bits per heavy atom. The number of thioether (sulfide) groups is 1. The van der Waals surface area contributed by atoms with Gasteiger partial charge in [0.2, 0.25) is 0 Å². The summed E-state index contributed by atoms with van der Waals surface area (Å²) in [6.45, 7) is 0.224. The van der Waals surface area contributed by atoms with Gasteiger partial charge in [-0.25, -0.2) is 0 Å². The van der Waals surface area contributed by atoms with Crippen LogP contribution >= 0.6 is 11.8 Å². The fraction of sp³-hybridized carbons (Fsp3) is 0.200. The molecule has 0 aliphatic rings. The quantitative estimate of drug-likeness (QED) is 0.634. The first-order valence-corrected chi connectivity index (χ1v) is 7.13. The van der Waals surface area contributed by atoms with Gasteiger partial charge in [0.05, 0.1) is 12.5 Å². The fourth-order valence-corrected chi connectivity index (χ4v) is 2.47. The highest BCUT2D eigenvalue weighted by Gasteiger charge is 2.07. The Kier molecular flexibility index (Phi) is 5.12. The minimum atomic E-state index is 0.224. The zero-order valence-corrected chi connectivity index (χ0v) is 11.0. The van der Waals surface area contributed by atoms with Crippen LogP contribution in [0.15, 0.2) is 60.7 Å². The molecule has 0 spiro atoms. The molecule has 0 radical (unpaired) electrons. The lowest BCUT2D eigenvalue weighted by Gasteiger charge is -2.24. The maximum Gasteiger partial charge on any atom is 0.0689 e. The van der Waals surface area contributed by atoms with Crippen molar-refractivity contribution in [3.8, 4) is 0 Å². The Labute approximate surface area is 112 Å². The van der Waals surface area contributed by atoms with Crippen molar-refractivity contribution in [1.82, 2.24) is 0 Å². The van der Waals surface area contributed by atoms with Gasteiger partial charge in [0.25, 0.3) is 0 Å². The average Bonchev–Trinajstić information content (AvgIpc) is 2.46. The third kappa shape index (κ3) is 3.52. The van der Waals surface area contributed by atoms with Crippen molar-refractivity contribution < 1.29 is 5.11 Å². The third-order valence-corrected chi connectivity index (χ3v) is 3.50. The molecule has 0 saturated heterocycles. The first-order chi connectivity index (χ1) is 8.92.